The number of para-hydroxylation sites is 3. The zero-order valence-corrected chi connectivity index (χ0v) is 47.0. The summed E-state index contributed by atoms with van der Waals surface area (Å²) in [5, 5.41) is 0.636. The van der Waals surface area contributed by atoms with Gasteiger partial charge in [0.05, 0.1) is 11.4 Å². The van der Waals surface area contributed by atoms with Crippen molar-refractivity contribution < 1.29 is 9.47 Å². The maximum absolute atomic E-state index is 7.73. The Morgan fingerprint density at radius 1 is 0.321 bits per heavy atom. The first-order chi connectivity index (χ1) is 39.4. The number of nitrogens with zero attached hydrogens (tertiary/aromatic N) is 2. The van der Waals surface area contributed by atoms with Gasteiger partial charge in [0.1, 0.15) is 23.0 Å². The maximum atomic E-state index is 7.73. The van der Waals surface area contributed by atoms with Crippen molar-refractivity contribution in [1.82, 2.24) is 0 Å². The van der Waals surface area contributed by atoms with Crippen molar-refractivity contribution >= 4 is 91.9 Å². The summed E-state index contributed by atoms with van der Waals surface area (Å²) < 4.78 is 14.9. The molecule has 0 saturated heterocycles. The Morgan fingerprint density at radius 2 is 0.728 bits per heavy atom. The number of ether oxygens (including phenoxy) is 2. The number of rotatable bonds is 6. The van der Waals surface area contributed by atoms with Crippen molar-refractivity contribution in [2.75, 3.05) is 9.80 Å². The van der Waals surface area contributed by atoms with Crippen molar-refractivity contribution in [2.45, 2.75) is 52.4 Å². The normalized spacial score (nSPS) is 13.5. The number of benzene rings is 11. The molecule has 0 aromatic heterocycles. The number of hydrogen-bond acceptors (Lipinski definition) is 4. The number of hydrogen-bond donors (Lipinski definition) is 0. The molecule has 81 heavy (non-hydrogen) atoms. The molecule has 0 bridgehead atoms. The summed E-state index contributed by atoms with van der Waals surface area (Å²) in [7, 11) is 0. The van der Waals surface area contributed by atoms with Gasteiger partial charge in [-0.1, -0.05) is 241 Å². The first-order valence-electron chi connectivity index (χ1n) is 28.2. The van der Waals surface area contributed by atoms with E-state index in [0.717, 1.165) is 123 Å². The molecule has 0 atom stereocenters. The second-order valence-electron chi connectivity index (χ2n) is 24.1. The van der Waals surface area contributed by atoms with Gasteiger partial charge in [0.15, 0.2) is 0 Å². The molecule has 4 aliphatic heterocycles. The molecular weight excluding hydrogens is 1010 g/mol. The van der Waals surface area contributed by atoms with Crippen molar-refractivity contribution in [3.63, 3.8) is 0 Å². The first kappa shape index (κ1) is 49.1. The monoisotopic (exact) mass is 1060 g/mol. The SMILES string of the molecule is CC(C)(C)c1cc2c3c(c1)N(c1c(-c4ccccc4)cccc1-c1ccccc1)c1ccccc1B3c1cc3c(cc1O2)N(c1c(-c2ccccc2)cccc1-c1ccccc1)c1cc(C(C)(C)C)cc2c1B3c1ccc(Cl)cc1O2. The molecular formula is C74H57B2ClN2O2. The summed E-state index contributed by atoms with van der Waals surface area (Å²) in [5.74, 6) is 3.32. The molecule has 7 heteroatoms. The lowest BCUT2D eigenvalue weighted by Gasteiger charge is -2.45. The fourth-order valence-corrected chi connectivity index (χ4v) is 13.4. The van der Waals surface area contributed by atoms with Crippen LogP contribution in [-0.4, -0.2) is 13.4 Å². The molecule has 0 saturated carbocycles. The Labute approximate surface area is 481 Å². The largest absolute Gasteiger partial charge is 0.458 e. The van der Waals surface area contributed by atoms with E-state index < -0.39 is 0 Å². The molecule has 4 heterocycles. The minimum absolute atomic E-state index is 0.187. The lowest BCUT2D eigenvalue weighted by Crippen LogP contribution is -2.63. The van der Waals surface area contributed by atoms with Crippen LogP contribution in [0, 0.1) is 0 Å². The Morgan fingerprint density at radius 3 is 1.19 bits per heavy atom. The fraction of sp³-hybridized carbons (Fsp3) is 0.108. The standard InChI is InChI=1S/C74H57B2ClN2O2/c1-73(2,3)50-39-63-69-67(41-50)81-66-45-62-59(44-60(66)75(69)57-35-19-20-36-61(57)78(63)71-53(46-23-11-7-12-24-46)31-21-32-54(71)47-25-13-8-14-26-47)76-58-38-37-52(77)43-65(58)80-68-42-51(74(4,5)6)40-64(70(68)76)79(62)72-55(48-27-15-9-16-28-48)33-22-34-56(72)49-29-17-10-18-30-49/h7-45H,1-6H3. The lowest BCUT2D eigenvalue weighted by molar-refractivity contribution is 0.482. The predicted octanol–water partition coefficient (Wildman–Crippen LogP) is 16.4. The van der Waals surface area contributed by atoms with Gasteiger partial charge in [-0.2, -0.15) is 0 Å². The predicted molar refractivity (Wildman–Crippen MR) is 342 cm³/mol. The topological polar surface area (TPSA) is 24.9 Å². The molecule has 11 aromatic carbocycles. The van der Waals surface area contributed by atoms with Crippen LogP contribution in [0.3, 0.4) is 0 Å². The summed E-state index contributed by atoms with van der Waals surface area (Å²) in [6, 6.07) is 86.5. The van der Waals surface area contributed by atoms with E-state index >= 15 is 0 Å². The summed E-state index contributed by atoms with van der Waals surface area (Å²) in [4.78, 5) is 5.10. The van der Waals surface area contributed by atoms with Gasteiger partial charge in [-0.05, 0) is 119 Å². The van der Waals surface area contributed by atoms with Gasteiger partial charge >= 0.3 is 0 Å². The number of anilines is 6. The molecule has 4 nitrogen and oxygen atoms in total. The Balaban J connectivity index is 1.05. The molecule has 0 amide bonds. The highest BCUT2D eigenvalue weighted by molar-refractivity contribution is 7.02. The average molecular weight is 1060 g/mol. The van der Waals surface area contributed by atoms with Crippen LogP contribution in [0.2, 0.25) is 5.02 Å². The third-order valence-corrected chi connectivity index (χ3v) is 17.4. The van der Waals surface area contributed by atoms with Gasteiger partial charge in [0.25, 0.3) is 13.4 Å². The molecule has 0 aliphatic carbocycles. The zero-order chi connectivity index (χ0) is 54.9. The van der Waals surface area contributed by atoms with Gasteiger partial charge in [-0.3, -0.25) is 0 Å². The van der Waals surface area contributed by atoms with E-state index in [1.54, 1.807) is 0 Å². The van der Waals surface area contributed by atoms with Crippen molar-refractivity contribution in [3.05, 3.63) is 253 Å². The third-order valence-electron chi connectivity index (χ3n) is 17.1. The van der Waals surface area contributed by atoms with Crippen LogP contribution in [0.15, 0.2) is 237 Å². The quantitative estimate of drug-likeness (QED) is 0.155. The van der Waals surface area contributed by atoms with E-state index in [9.17, 15) is 0 Å². The second kappa shape index (κ2) is 18.6. The van der Waals surface area contributed by atoms with E-state index in [0.29, 0.717) is 5.02 Å². The van der Waals surface area contributed by atoms with Gasteiger partial charge < -0.3 is 19.3 Å². The summed E-state index contributed by atoms with van der Waals surface area (Å²) in [5.41, 5.74) is 24.5. The van der Waals surface area contributed by atoms with Crippen molar-refractivity contribution in [1.29, 1.82) is 0 Å². The Hall–Kier alpha value is -8.96. The van der Waals surface area contributed by atoms with Crippen LogP contribution in [0.25, 0.3) is 44.5 Å². The van der Waals surface area contributed by atoms with E-state index in [1.807, 2.05) is 12.1 Å². The molecule has 388 valence electrons. The highest BCUT2D eigenvalue weighted by Crippen LogP contribution is 2.53. The molecule has 11 aromatic rings. The van der Waals surface area contributed by atoms with Gasteiger partial charge in [0.2, 0.25) is 0 Å². The zero-order valence-electron chi connectivity index (χ0n) is 46.3. The summed E-state index contributed by atoms with van der Waals surface area (Å²) >= 11 is 6.92. The van der Waals surface area contributed by atoms with E-state index in [4.69, 9.17) is 21.1 Å². The van der Waals surface area contributed by atoms with Crippen molar-refractivity contribution in [2.24, 2.45) is 0 Å². The van der Waals surface area contributed by atoms with Gasteiger partial charge in [0, 0.05) is 56.1 Å². The van der Waals surface area contributed by atoms with Crippen LogP contribution in [-0.2, 0) is 10.8 Å². The van der Waals surface area contributed by atoms with Crippen LogP contribution in [0.4, 0.5) is 34.1 Å². The second-order valence-corrected chi connectivity index (χ2v) is 24.5. The van der Waals surface area contributed by atoms with Gasteiger partial charge in [-0.15, -0.1) is 0 Å². The molecule has 15 rings (SSSR count). The Bertz CT molecular complexity index is 4230. The molecule has 4 aliphatic rings. The number of fused-ring (bicyclic) bond motifs is 8. The fourth-order valence-electron chi connectivity index (χ4n) is 13.2. The smallest absolute Gasteiger partial charge is 0.256 e. The summed E-state index contributed by atoms with van der Waals surface area (Å²) in [6.45, 7) is 13.4. The number of halogens is 1. The highest BCUT2D eigenvalue weighted by atomic mass is 35.5. The lowest BCUT2D eigenvalue weighted by atomic mass is 9.31. The molecule has 0 radical (unpaired) electrons. The van der Waals surface area contributed by atoms with Crippen molar-refractivity contribution in [3.8, 4) is 67.5 Å². The van der Waals surface area contributed by atoms with E-state index in [-0.39, 0.29) is 24.3 Å². The van der Waals surface area contributed by atoms with E-state index in [1.165, 1.54) is 22.1 Å². The minimum atomic E-state index is -0.221. The van der Waals surface area contributed by atoms with Crippen LogP contribution in [0.5, 0.6) is 23.0 Å². The van der Waals surface area contributed by atoms with Crippen LogP contribution in [0.1, 0.15) is 52.7 Å². The average Bonchev–Trinajstić information content (AvgIpc) is 3.67. The summed E-state index contributed by atoms with van der Waals surface area (Å²) in [6.07, 6.45) is 0. The van der Waals surface area contributed by atoms with Gasteiger partial charge in [-0.25, -0.2) is 0 Å². The van der Waals surface area contributed by atoms with Crippen LogP contribution >= 0.6 is 11.6 Å². The van der Waals surface area contributed by atoms with E-state index in [2.05, 4.69) is 276 Å². The highest BCUT2D eigenvalue weighted by Gasteiger charge is 2.48. The molecule has 0 N–H and O–H groups in total. The molecule has 0 spiro atoms. The molecule has 0 fully saturated rings. The minimum Gasteiger partial charge on any atom is -0.458 e. The van der Waals surface area contributed by atoms with Crippen LogP contribution < -0.4 is 52.1 Å². The maximum Gasteiger partial charge on any atom is 0.256 e. The third kappa shape index (κ3) is 7.90. The Kier molecular flexibility index (Phi) is 11.3. The molecule has 0 unspecified atom stereocenters. The first-order valence-corrected chi connectivity index (χ1v) is 28.6.